The molecule has 0 aromatic heterocycles. The van der Waals surface area contributed by atoms with Gasteiger partial charge in [-0.3, -0.25) is 4.79 Å². The summed E-state index contributed by atoms with van der Waals surface area (Å²) in [6, 6.07) is 0. The fourth-order valence-electron chi connectivity index (χ4n) is 3.35. The van der Waals surface area contributed by atoms with Crippen molar-refractivity contribution in [2.45, 2.75) is 77.4 Å². The van der Waals surface area contributed by atoms with Crippen molar-refractivity contribution in [2.24, 2.45) is 0 Å². The van der Waals surface area contributed by atoms with Crippen molar-refractivity contribution >= 4 is 14.0 Å². The Morgan fingerprint density at radius 1 is 0.724 bits per heavy atom. The molecule has 150 valence electrons. The minimum Gasteiger partial charge on any atom is -0.469 e. The molecule has 0 atom stereocenters. The highest BCUT2D eigenvalue weighted by atomic mass is 28.3. The van der Waals surface area contributed by atoms with Crippen molar-refractivity contribution in [3.8, 4) is 70.7 Å². The summed E-state index contributed by atoms with van der Waals surface area (Å²) in [4.78, 5) is 10.9. The molecular formula is C26H30O2Si. The van der Waals surface area contributed by atoms with E-state index < -0.39 is 8.07 Å². The third kappa shape index (κ3) is 10.2. The molecule has 0 aliphatic rings. The molecule has 0 amide bonds. The third-order valence-electron chi connectivity index (χ3n) is 4.71. The summed E-state index contributed by atoms with van der Waals surface area (Å²) in [7, 11) is -0.358. The molecule has 0 aromatic carbocycles. The lowest BCUT2D eigenvalue weighted by molar-refractivity contribution is -0.140. The van der Waals surface area contributed by atoms with Crippen LogP contribution in [0.15, 0.2) is 0 Å². The van der Waals surface area contributed by atoms with Gasteiger partial charge in [0.05, 0.1) is 7.11 Å². The van der Waals surface area contributed by atoms with Crippen molar-refractivity contribution < 1.29 is 9.53 Å². The van der Waals surface area contributed by atoms with Crippen LogP contribution in [0.25, 0.3) is 0 Å². The van der Waals surface area contributed by atoms with Crippen LogP contribution in [0.1, 0.15) is 60.8 Å². The van der Waals surface area contributed by atoms with Gasteiger partial charge in [0.25, 0.3) is 0 Å². The fraction of sp³-hybridized carbons (Fsp3) is 0.500. The SMILES string of the molecule is COC(=O)CCCC#CC#CC#CC#CC#CC#C[Si](C(C)C)(C(C)C)C(C)C. The monoisotopic (exact) mass is 402 g/mol. The second kappa shape index (κ2) is 15.0. The normalized spacial score (nSPS) is 9.03. The summed E-state index contributed by atoms with van der Waals surface area (Å²) in [5.41, 5.74) is 5.29. The maximum Gasteiger partial charge on any atom is 0.305 e. The molecule has 0 unspecified atom stereocenters. The predicted octanol–water partition coefficient (Wildman–Crippen LogP) is 4.57. The number of ether oxygens (including phenoxy) is 1. The molecule has 2 nitrogen and oxygen atoms in total. The first-order chi connectivity index (χ1) is 13.8. The van der Waals surface area contributed by atoms with E-state index >= 15 is 0 Å². The van der Waals surface area contributed by atoms with Crippen LogP contribution < -0.4 is 0 Å². The molecule has 0 bridgehead atoms. The number of rotatable bonds is 6. The minimum atomic E-state index is -1.73. The highest BCUT2D eigenvalue weighted by Crippen LogP contribution is 2.40. The van der Waals surface area contributed by atoms with Gasteiger partial charge in [-0.1, -0.05) is 47.5 Å². The standard InChI is InChI=1S/C26H30O2Si/c1-23(2)29(24(3)4,25(5)6)22-20-18-16-14-12-10-8-9-11-13-15-17-19-21-26(27)28-7/h23-25H,17,19,21H2,1-7H3. The Morgan fingerprint density at radius 2 is 1.14 bits per heavy atom. The summed E-state index contributed by atoms with van der Waals surface area (Å²) in [5, 5.41) is 0. The highest BCUT2D eigenvalue weighted by Gasteiger charge is 2.41. The molecule has 0 aromatic rings. The number of methoxy groups -OCH3 is 1. The number of esters is 1. The zero-order chi connectivity index (χ0) is 22.1. The van der Waals surface area contributed by atoms with Gasteiger partial charge in [0.15, 0.2) is 0 Å². The Balaban J connectivity index is 4.72. The van der Waals surface area contributed by atoms with E-state index in [4.69, 9.17) is 0 Å². The van der Waals surface area contributed by atoms with E-state index in [1.54, 1.807) is 0 Å². The van der Waals surface area contributed by atoms with E-state index in [9.17, 15) is 4.79 Å². The number of unbranched alkanes of at least 4 members (excludes halogenated alkanes) is 1. The first-order valence-electron chi connectivity index (χ1n) is 9.85. The Bertz CT molecular complexity index is 893. The second-order valence-electron chi connectivity index (χ2n) is 7.38. The van der Waals surface area contributed by atoms with Gasteiger partial charge in [0.2, 0.25) is 0 Å². The van der Waals surface area contributed by atoms with Crippen molar-refractivity contribution in [1.82, 2.24) is 0 Å². The summed E-state index contributed by atoms with van der Waals surface area (Å²) >= 11 is 0. The van der Waals surface area contributed by atoms with E-state index in [1.807, 2.05) is 0 Å². The lowest BCUT2D eigenvalue weighted by Gasteiger charge is -2.37. The molecule has 0 heterocycles. The van der Waals surface area contributed by atoms with E-state index in [1.165, 1.54) is 7.11 Å². The zero-order valence-corrected chi connectivity index (χ0v) is 19.7. The van der Waals surface area contributed by atoms with E-state index in [0.717, 1.165) is 0 Å². The van der Waals surface area contributed by atoms with Crippen LogP contribution in [-0.4, -0.2) is 21.2 Å². The Labute approximate surface area is 179 Å². The van der Waals surface area contributed by atoms with Gasteiger partial charge in [0, 0.05) is 12.8 Å². The molecule has 0 aliphatic carbocycles. The average Bonchev–Trinajstić information content (AvgIpc) is 2.66. The molecule has 0 spiro atoms. The van der Waals surface area contributed by atoms with E-state index in [0.29, 0.717) is 35.9 Å². The van der Waals surface area contributed by atoms with Gasteiger partial charge >= 0.3 is 5.97 Å². The van der Waals surface area contributed by atoms with Gasteiger partial charge < -0.3 is 4.74 Å². The Hall–Kier alpha value is -2.95. The van der Waals surface area contributed by atoms with Gasteiger partial charge in [-0.2, -0.15) is 0 Å². The Kier molecular flexibility index (Phi) is 13.5. The van der Waals surface area contributed by atoms with Crippen molar-refractivity contribution in [3.63, 3.8) is 0 Å². The summed E-state index contributed by atoms with van der Waals surface area (Å²) in [5.74, 6) is 29.7. The molecular weight excluding hydrogens is 372 g/mol. The molecule has 0 aliphatic heterocycles. The zero-order valence-electron chi connectivity index (χ0n) is 18.7. The summed E-state index contributed by atoms with van der Waals surface area (Å²) in [6.07, 6.45) is 1.63. The number of carbonyl (C=O) groups is 1. The number of hydrogen-bond donors (Lipinski definition) is 0. The smallest absolute Gasteiger partial charge is 0.305 e. The maximum atomic E-state index is 10.9. The van der Waals surface area contributed by atoms with Crippen LogP contribution in [0.3, 0.4) is 0 Å². The first kappa shape index (κ1) is 26.0. The van der Waals surface area contributed by atoms with Gasteiger partial charge in [-0.15, -0.1) is 5.54 Å². The lowest BCUT2D eigenvalue weighted by atomic mass is 10.2. The maximum absolute atomic E-state index is 10.9. The molecule has 0 rings (SSSR count). The van der Waals surface area contributed by atoms with E-state index in [-0.39, 0.29) is 5.97 Å². The van der Waals surface area contributed by atoms with Crippen LogP contribution in [0.5, 0.6) is 0 Å². The molecule has 0 saturated heterocycles. The van der Waals surface area contributed by atoms with Crippen LogP contribution in [0.4, 0.5) is 0 Å². The van der Waals surface area contributed by atoms with Gasteiger partial charge in [-0.05, 0) is 82.2 Å². The number of carbonyl (C=O) groups excluding carboxylic acids is 1. The molecule has 0 fully saturated rings. The third-order valence-corrected chi connectivity index (χ3v) is 11.0. The average molecular weight is 403 g/mol. The minimum absolute atomic E-state index is 0.224. The Morgan fingerprint density at radius 3 is 1.55 bits per heavy atom. The van der Waals surface area contributed by atoms with Crippen LogP contribution in [-0.2, 0) is 9.53 Å². The molecule has 3 heteroatoms. The van der Waals surface area contributed by atoms with Crippen LogP contribution in [0, 0.1) is 70.7 Å². The molecule has 0 saturated carbocycles. The van der Waals surface area contributed by atoms with Gasteiger partial charge in [-0.25, -0.2) is 0 Å². The fourth-order valence-corrected chi connectivity index (χ4v) is 8.50. The van der Waals surface area contributed by atoms with E-state index in [2.05, 4.69) is 117 Å². The van der Waals surface area contributed by atoms with Crippen molar-refractivity contribution in [1.29, 1.82) is 0 Å². The highest BCUT2D eigenvalue weighted by molar-refractivity contribution is 6.90. The van der Waals surface area contributed by atoms with Crippen LogP contribution >= 0.6 is 0 Å². The van der Waals surface area contributed by atoms with Crippen LogP contribution in [0.2, 0.25) is 16.6 Å². The molecule has 0 radical (unpaired) electrons. The largest absolute Gasteiger partial charge is 0.469 e. The predicted molar refractivity (Wildman–Crippen MR) is 124 cm³/mol. The lowest BCUT2D eigenvalue weighted by Crippen LogP contribution is -2.43. The first-order valence-corrected chi connectivity index (χ1v) is 12.1. The summed E-state index contributed by atoms with van der Waals surface area (Å²) < 4.78 is 4.55. The van der Waals surface area contributed by atoms with Crippen molar-refractivity contribution in [3.05, 3.63) is 0 Å². The van der Waals surface area contributed by atoms with Crippen molar-refractivity contribution in [2.75, 3.05) is 7.11 Å². The number of hydrogen-bond acceptors (Lipinski definition) is 2. The summed E-state index contributed by atoms with van der Waals surface area (Å²) in [6.45, 7) is 13.7. The second-order valence-corrected chi connectivity index (χ2v) is 13.0. The topological polar surface area (TPSA) is 26.3 Å². The van der Waals surface area contributed by atoms with Gasteiger partial charge in [0.1, 0.15) is 8.07 Å². The molecule has 0 N–H and O–H groups in total. The molecule has 29 heavy (non-hydrogen) atoms. The quantitative estimate of drug-likeness (QED) is 0.282.